The van der Waals surface area contributed by atoms with Gasteiger partial charge in [-0.15, -0.1) is 0 Å². The van der Waals surface area contributed by atoms with Crippen LogP contribution in [0.15, 0.2) is 17.1 Å². The molecule has 3 N–H and O–H groups in total. The summed E-state index contributed by atoms with van der Waals surface area (Å²) in [7, 11) is 0. The van der Waals surface area contributed by atoms with E-state index < -0.39 is 0 Å². The molecule has 1 atom stereocenters. The molecule has 0 saturated carbocycles. The maximum absolute atomic E-state index is 11.2. The van der Waals surface area contributed by atoms with Crippen LogP contribution in [-0.2, 0) is 0 Å². The second-order valence-electron chi connectivity index (χ2n) is 2.72. The predicted molar refractivity (Wildman–Crippen MR) is 44.4 cm³/mol. The first-order valence-electron chi connectivity index (χ1n) is 3.56. The lowest BCUT2D eigenvalue weighted by Crippen LogP contribution is -2.17. The molecule has 0 aliphatic heterocycles. The maximum Gasteiger partial charge on any atom is 0.186 e. The van der Waals surface area contributed by atoms with Gasteiger partial charge in [-0.2, -0.15) is 0 Å². The summed E-state index contributed by atoms with van der Waals surface area (Å²) in [5.74, 6) is 0. The molecular formula is C8H12N2O. The smallest absolute Gasteiger partial charge is 0.186 e. The Balaban J connectivity index is 3.21. The van der Waals surface area contributed by atoms with Gasteiger partial charge in [0, 0.05) is 29.6 Å². The van der Waals surface area contributed by atoms with Crippen LogP contribution < -0.4 is 11.2 Å². The number of aromatic nitrogens is 1. The number of hydrogen-bond acceptors (Lipinski definition) is 2. The van der Waals surface area contributed by atoms with E-state index in [1.165, 1.54) is 0 Å². The van der Waals surface area contributed by atoms with Gasteiger partial charge in [-0.25, -0.2) is 0 Å². The quantitative estimate of drug-likeness (QED) is 0.622. The van der Waals surface area contributed by atoms with Gasteiger partial charge in [0.15, 0.2) is 5.43 Å². The normalized spacial score (nSPS) is 13.0. The van der Waals surface area contributed by atoms with E-state index >= 15 is 0 Å². The lowest BCUT2D eigenvalue weighted by molar-refractivity contribution is 0.801. The third-order valence-electron chi connectivity index (χ3n) is 1.58. The Hall–Kier alpha value is -1.09. The second kappa shape index (κ2) is 2.88. The van der Waals surface area contributed by atoms with Crippen molar-refractivity contribution >= 4 is 0 Å². The summed E-state index contributed by atoms with van der Waals surface area (Å²) in [5.41, 5.74) is 7.05. The predicted octanol–water partition coefficient (Wildman–Crippen LogP) is 0.703. The molecule has 0 amide bonds. The zero-order chi connectivity index (χ0) is 8.43. The fourth-order valence-corrected chi connectivity index (χ4v) is 0.940. The molecule has 0 radical (unpaired) electrons. The monoisotopic (exact) mass is 152 g/mol. The summed E-state index contributed by atoms with van der Waals surface area (Å²) in [6.45, 7) is 3.63. The molecule has 0 fully saturated rings. The van der Waals surface area contributed by atoms with Crippen molar-refractivity contribution in [2.75, 3.05) is 0 Å². The molecule has 60 valence electrons. The number of aromatic amines is 1. The van der Waals surface area contributed by atoms with Gasteiger partial charge in [0.1, 0.15) is 0 Å². The molecule has 0 saturated heterocycles. The van der Waals surface area contributed by atoms with E-state index in [0.29, 0.717) is 5.56 Å². The third-order valence-corrected chi connectivity index (χ3v) is 1.58. The zero-order valence-electron chi connectivity index (χ0n) is 6.72. The molecule has 1 aromatic heterocycles. The Morgan fingerprint density at radius 3 is 2.73 bits per heavy atom. The number of nitrogens with two attached hydrogens (primary N) is 1. The van der Waals surface area contributed by atoms with Gasteiger partial charge in [-0.05, 0) is 13.8 Å². The molecule has 3 nitrogen and oxygen atoms in total. The van der Waals surface area contributed by atoms with Crippen LogP contribution >= 0.6 is 0 Å². The molecule has 0 aromatic carbocycles. The van der Waals surface area contributed by atoms with Gasteiger partial charge in [-0.1, -0.05) is 0 Å². The highest BCUT2D eigenvalue weighted by molar-refractivity contribution is 5.16. The fraction of sp³-hybridized carbons (Fsp3) is 0.375. The minimum Gasteiger partial charge on any atom is -0.365 e. The van der Waals surface area contributed by atoms with Gasteiger partial charge < -0.3 is 10.7 Å². The van der Waals surface area contributed by atoms with E-state index in [1.54, 1.807) is 19.2 Å². The van der Waals surface area contributed by atoms with E-state index in [-0.39, 0.29) is 11.5 Å². The molecule has 3 heteroatoms. The standard InChI is InChI=1S/C8H12N2O/c1-5-3-8(11)7(4-10-5)6(2)9/h3-4,6H,9H2,1-2H3,(H,10,11)/t6-/m1/s1. The summed E-state index contributed by atoms with van der Waals surface area (Å²) in [6, 6.07) is 1.36. The first kappa shape index (κ1) is 8.01. The molecule has 0 aliphatic carbocycles. The van der Waals surface area contributed by atoms with E-state index in [4.69, 9.17) is 5.73 Å². The van der Waals surface area contributed by atoms with Crippen molar-refractivity contribution in [2.24, 2.45) is 5.73 Å². The second-order valence-corrected chi connectivity index (χ2v) is 2.72. The summed E-state index contributed by atoms with van der Waals surface area (Å²) >= 11 is 0. The van der Waals surface area contributed by atoms with Crippen LogP contribution in [0.2, 0.25) is 0 Å². The van der Waals surface area contributed by atoms with E-state index in [2.05, 4.69) is 4.98 Å². The van der Waals surface area contributed by atoms with Crippen LogP contribution in [0.4, 0.5) is 0 Å². The minimum atomic E-state index is -0.195. The van der Waals surface area contributed by atoms with Crippen LogP contribution in [-0.4, -0.2) is 4.98 Å². The average molecular weight is 152 g/mol. The minimum absolute atomic E-state index is 0.0104. The van der Waals surface area contributed by atoms with Crippen molar-refractivity contribution in [3.05, 3.63) is 33.7 Å². The van der Waals surface area contributed by atoms with Gasteiger partial charge >= 0.3 is 0 Å². The third kappa shape index (κ3) is 1.68. The summed E-state index contributed by atoms with van der Waals surface area (Å²) in [5, 5.41) is 0. The first-order chi connectivity index (χ1) is 5.11. The van der Waals surface area contributed by atoms with Gasteiger partial charge in [-0.3, -0.25) is 4.79 Å². The number of hydrogen-bond donors (Lipinski definition) is 2. The summed E-state index contributed by atoms with van der Waals surface area (Å²) < 4.78 is 0. The Labute approximate surface area is 65.2 Å². The molecular weight excluding hydrogens is 140 g/mol. The molecule has 1 aromatic rings. The summed E-state index contributed by atoms with van der Waals surface area (Å²) in [6.07, 6.45) is 1.67. The van der Waals surface area contributed by atoms with Crippen molar-refractivity contribution in [1.82, 2.24) is 4.98 Å². The van der Waals surface area contributed by atoms with Gasteiger partial charge in [0.25, 0.3) is 0 Å². The SMILES string of the molecule is Cc1cc(=O)c([C@@H](C)N)c[nH]1. The molecule has 0 bridgehead atoms. The summed E-state index contributed by atoms with van der Waals surface area (Å²) in [4.78, 5) is 14.1. The van der Waals surface area contributed by atoms with Crippen LogP contribution in [0.3, 0.4) is 0 Å². The fourth-order valence-electron chi connectivity index (χ4n) is 0.940. The Kier molecular flexibility index (Phi) is 2.10. The lowest BCUT2D eigenvalue weighted by Gasteiger charge is -2.03. The molecule has 0 spiro atoms. The molecule has 0 unspecified atom stereocenters. The van der Waals surface area contributed by atoms with Crippen molar-refractivity contribution in [3.63, 3.8) is 0 Å². The van der Waals surface area contributed by atoms with Gasteiger partial charge in [0.05, 0.1) is 0 Å². The largest absolute Gasteiger partial charge is 0.365 e. The Bertz CT molecular complexity index is 301. The molecule has 1 rings (SSSR count). The number of nitrogens with one attached hydrogen (secondary N) is 1. The highest BCUT2D eigenvalue weighted by Gasteiger charge is 2.02. The van der Waals surface area contributed by atoms with Crippen LogP contribution in [0.5, 0.6) is 0 Å². The Morgan fingerprint density at radius 1 is 1.64 bits per heavy atom. The molecule has 1 heterocycles. The topological polar surface area (TPSA) is 58.9 Å². The van der Waals surface area contributed by atoms with E-state index in [9.17, 15) is 4.79 Å². The highest BCUT2D eigenvalue weighted by atomic mass is 16.1. The van der Waals surface area contributed by atoms with Crippen LogP contribution in [0.25, 0.3) is 0 Å². The average Bonchev–Trinajstić information content (AvgIpc) is 1.85. The highest BCUT2D eigenvalue weighted by Crippen LogP contribution is 2.01. The van der Waals surface area contributed by atoms with Crippen molar-refractivity contribution < 1.29 is 0 Å². The van der Waals surface area contributed by atoms with Crippen molar-refractivity contribution in [2.45, 2.75) is 19.9 Å². The zero-order valence-corrected chi connectivity index (χ0v) is 6.72. The van der Waals surface area contributed by atoms with E-state index in [1.807, 2.05) is 6.92 Å². The van der Waals surface area contributed by atoms with Crippen LogP contribution in [0.1, 0.15) is 24.2 Å². The number of pyridine rings is 1. The number of aryl methyl sites for hydroxylation is 1. The lowest BCUT2D eigenvalue weighted by atomic mass is 10.1. The Morgan fingerprint density at radius 2 is 2.27 bits per heavy atom. The van der Waals surface area contributed by atoms with Crippen molar-refractivity contribution in [3.8, 4) is 0 Å². The maximum atomic E-state index is 11.2. The molecule has 11 heavy (non-hydrogen) atoms. The van der Waals surface area contributed by atoms with Crippen LogP contribution in [0, 0.1) is 6.92 Å². The van der Waals surface area contributed by atoms with Crippen molar-refractivity contribution in [1.29, 1.82) is 0 Å². The molecule has 0 aliphatic rings. The number of rotatable bonds is 1. The first-order valence-corrected chi connectivity index (χ1v) is 3.56. The number of H-pyrrole nitrogens is 1. The van der Waals surface area contributed by atoms with Gasteiger partial charge in [0.2, 0.25) is 0 Å². The van der Waals surface area contributed by atoms with E-state index in [0.717, 1.165) is 5.69 Å².